The number of aromatic nitrogens is 1. The van der Waals surface area contributed by atoms with Crippen LogP contribution >= 0.6 is 23.7 Å². The van der Waals surface area contributed by atoms with Crippen molar-refractivity contribution in [3.8, 4) is 0 Å². The number of halogens is 1. The van der Waals surface area contributed by atoms with E-state index in [0.717, 1.165) is 6.54 Å². The van der Waals surface area contributed by atoms with Crippen molar-refractivity contribution in [3.63, 3.8) is 0 Å². The SMILES string of the molecule is CCC(C)(C)C1CCCN1Cc1cnc(N)s1.Cl. The van der Waals surface area contributed by atoms with Crippen molar-refractivity contribution in [2.45, 2.75) is 52.6 Å². The number of hydrogen-bond donors (Lipinski definition) is 1. The Labute approximate surface area is 120 Å². The molecule has 0 amide bonds. The number of anilines is 1. The molecule has 1 aliphatic heterocycles. The molecular weight excluding hydrogens is 266 g/mol. The molecule has 1 saturated heterocycles. The maximum absolute atomic E-state index is 5.69. The van der Waals surface area contributed by atoms with Crippen molar-refractivity contribution in [2.75, 3.05) is 12.3 Å². The van der Waals surface area contributed by atoms with Gasteiger partial charge in [0, 0.05) is 23.7 Å². The average molecular weight is 290 g/mol. The highest BCUT2D eigenvalue weighted by atomic mass is 35.5. The van der Waals surface area contributed by atoms with E-state index >= 15 is 0 Å². The molecule has 3 nitrogen and oxygen atoms in total. The zero-order valence-electron chi connectivity index (χ0n) is 11.5. The number of nitrogens with two attached hydrogens (primary N) is 1. The summed E-state index contributed by atoms with van der Waals surface area (Å²) in [5.74, 6) is 0. The van der Waals surface area contributed by atoms with Crippen LogP contribution in [0, 0.1) is 5.41 Å². The molecule has 5 heteroatoms. The first-order valence-corrected chi connectivity index (χ1v) is 7.29. The van der Waals surface area contributed by atoms with Gasteiger partial charge in [0.2, 0.25) is 0 Å². The molecule has 0 aromatic carbocycles. The Morgan fingerprint density at radius 3 is 2.83 bits per heavy atom. The zero-order valence-corrected chi connectivity index (χ0v) is 13.1. The van der Waals surface area contributed by atoms with Crippen molar-refractivity contribution in [3.05, 3.63) is 11.1 Å². The molecule has 2 rings (SSSR count). The number of rotatable bonds is 4. The molecule has 1 aromatic heterocycles. The average Bonchev–Trinajstić information content (AvgIpc) is 2.89. The molecule has 0 radical (unpaired) electrons. The van der Waals surface area contributed by atoms with Gasteiger partial charge in [-0.3, -0.25) is 4.90 Å². The minimum atomic E-state index is 0. The van der Waals surface area contributed by atoms with Crippen molar-refractivity contribution in [1.82, 2.24) is 9.88 Å². The smallest absolute Gasteiger partial charge is 0.180 e. The molecule has 2 N–H and O–H groups in total. The predicted molar refractivity (Wildman–Crippen MR) is 81.3 cm³/mol. The summed E-state index contributed by atoms with van der Waals surface area (Å²) in [4.78, 5) is 8.04. The molecule has 1 aromatic rings. The Morgan fingerprint density at radius 1 is 1.56 bits per heavy atom. The normalized spacial score (nSPS) is 20.9. The largest absolute Gasteiger partial charge is 0.375 e. The third kappa shape index (κ3) is 3.37. The maximum atomic E-state index is 5.69. The second-order valence-corrected chi connectivity index (χ2v) is 6.78. The molecule has 1 fully saturated rings. The molecule has 0 spiro atoms. The number of nitrogens with zero attached hydrogens (tertiary/aromatic N) is 2. The van der Waals surface area contributed by atoms with Gasteiger partial charge in [0.15, 0.2) is 5.13 Å². The van der Waals surface area contributed by atoms with Gasteiger partial charge in [-0.25, -0.2) is 4.98 Å². The van der Waals surface area contributed by atoms with Gasteiger partial charge in [-0.05, 0) is 31.2 Å². The first-order valence-electron chi connectivity index (χ1n) is 6.47. The lowest BCUT2D eigenvalue weighted by Crippen LogP contribution is -2.40. The maximum Gasteiger partial charge on any atom is 0.180 e. The standard InChI is InChI=1S/C13H23N3S.ClH/c1-4-13(2,3)11-6-5-7-16(11)9-10-8-15-12(14)17-10;/h8,11H,4-7,9H2,1-3H3,(H2,14,15);1H. The summed E-state index contributed by atoms with van der Waals surface area (Å²) < 4.78 is 0. The number of thiazole rings is 1. The van der Waals surface area contributed by atoms with Crippen LogP contribution < -0.4 is 5.73 Å². The lowest BCUT2D eigenvalue weighted by atomic mass is 9.80. The van der Waals surface area contributed by atoms with Crippen LogP contribution in [-0.4, -0.2) is 22.5 Å². The Bertz CT molecular complexity index is 378. The van der Waals surface area contributed by atoms with E-state index in [-0.39, 0.29) is 12.4 Å². The Balaban J connectivity index is 0.00000162. The predicted octanol–water partition coefficient (Wildman–Crippen LogP) is 3.55. The van der Waals surface area contributed by atoms with Gasteiger partial charge in [-0.15, -0.1) is 23.7 Å². The molecule has 0 saturated carbocycles. The van der Waals surface area contributed by atoms with E-state index in [1.165, 1.54) is 30.7 Å². The van der Waals surface area contributed by atoms with Gasteiger partial charge in [0.05, 0.1) is 0 Å². The highest BCUT2D eigenvalue weighted by molar-refractivity contribution is 7.15. The highest BCUT2D eigenvalue weighted by Crippen LogP contribution is 2.36. The molecule has 1 atom stereocenters. The molecule has 1 unspecified atom stereocenters. The summed E-state index contributed by atoms with van der Waals surface area (Å²) in [6.45, 7) is 9.30. The summed E-state index contributed by atoms with van der Waals surface area (Å²) in [5.41, 5.74) is 6.10. The van der Waals surface area contributed by atoms with Crippen molar-refractivity contribution in [2.24, 2.45) is 5.41 Å². The van der Waals surface area contributed by atoms with Gasteiger partial charge >= 0.3 is 0 Å². The number of nitrogen functional groups attached to an aromatic ring is 1. The topological polar surface area (TPSA) is 42.2 Å². The van der Waals surface area contributed by atoms with Crippen LogP contribution in [0.1, 0.15) is 44.9 Å². The minimum absolute atomic E-state index is 0. The van der Waals surface area contributed by atoms with E-state index in [4.69, 9.17) is 5.73 Å². The first kappa shape index (κ1) is 15.7. The van der Waals surface area contributed by atoms with Crippen molar-refractivity contribution >= 4 is 28.9 Å². The lowest BCUT2D eigenvalue weighted by molar-refractivity contribution is 0.116. The fourth-order valence-corrected chi connectivity index (χ4v) is 3.44. The Kier molecular flexibility index (Phi) is 5.44. The summed E-state index contributed by atoms with van der Waals surface area (Å²) in [7, 11) is 0. The van der Waals surface area contributed by atoms with E-state index in [1.54, 1.807) is 11.3 Å². The van der Waals surface area contributed by atoms with Gasteiger partial charge in [0.25, 0.3) is 0 Å². The molecular formula is C13H24ClN3S. The summed E-state index contributed by atoms with van der Waals surface area (Å²) in [6.07, 6.45) is 5.81. The second-order valence-electron chi connectivity index (χ2n) is 5.64. The second kappa shape index (κ2) is 6.22. The Morgan fingerprint density at radius 2 is 2.28 bits per heavy atom. The summed E-state index contributed by atoms with van der Waals surface area (Å²) >= 11 is 1.62. The van der Waals surface area contributed by atoms with Crippen LogP contribution in [-0.2, 0) is 6.54 Å². The number of likely N-dealkylation sites (tertiary alicyclic amines) is 1. The molecule has 0 aliphatic carbocycles. The Hall–Kier alpha value is -0.320. The summed E-state index contributed by atoms with van der Waals surface area (Å²) in [6, 6.07) is 0.704. The van der Waals surface area contributed by atoms with Gasteiger partial charge in [0.1, 0.15) is 0 Å². The first-order chi connectivity index (χ1) is 8.03. The third-order valence-corrected chi connectivity index (χ3v) is 4.92. The molecule has 0 bridgehead atoms. The van der Waals surface area contributed by atoms with E-state index < -0.39 is 0 Å². The van der Waals surface area contributed by atoms with Crippen LogP contribution in [0.15, 0.2) is 6.20 Å². The molecule has 104 valence electrons. The van der Waals surface area contributed by atoms with Gasteiger partial charge < -0.3 is 5.73 Å². The monoisotopic (exact) mass is 289 g/mol. The van der Waals surface area contributed by atoms with Crippen LogP contribution in [0.3, 0.4) is 0 Å². The van der Waals surface area contributed by atoms with E-state index in [0.29, 0.717) is 16.6 Å². The number of hydrogen-bond acceptors (Lipinski definition) is 4. The van der Waals surface area contributed by atoms with Crippen LogP contribution in [0.25, 0.3) is 0 Å². The fourth-order valence-electron chi connectivity index (χ4n) is 2.73. The van der Waals surface area contributed by atoms with Crippen molar-refractivity contribution in [1.29, 1.82) is 0 Å². The van der Waals surface area contributed by atoms with Crippen LogP contribution in [0.5, 0.6) is 0 Å². The quantitative estimate of drug-likeness (QED) is 0.922. The lowest BCUT2D eigenvalue weighted by Gasteiger charge is -2.37. The van der Waals surface area contributed by atoms with E-state index in [1.807, 2.05) is 6.20 Å². The van der Waals surface area contributed by atoms with Gasteiger partial charge in [-0.1, -0.05) is 20.8 Å². The third-order valence-electron chi connectivity index (χ3n) is 4.11. The molecule has 1 aliphatic rings. The summed E-state index contributed by atoms with van der Waals surface area (Å²) in [5, 5.41) is 0.686. The molecule has 18 heavy (non-hydrogen) atoms. The van der Waals surface area contributed by atoms with Crippen LogP contribution in [0.2, 0.25) is 0 Å². The van der Waals surface area contributed by atoms with Crippen LogP contribution in [0.4, 0.5) is 5.13 Å². The highest BCUT2D eigenvalue weighted by Gasteiger charge is 2.35. The minimum Gasteiger partial charge on any atom is -0.375 e. The van der Waals surface area contributed by atoms with Crippen molar-refractivity contribution < 1.29 is 0 Å². The van der Waals surface area contributed by atoms with E-state index in [2.05, 4.69) is 30.7 Å². The van der Waals surface area contributed by atoms with Gasteiger partial charge in [-0.2, -0.15) is 0 Å². The fraction of sp³-hybridized carbons (Fsp3) is 0.769. The molecule has 2 heterocycles. The zero-order chi connectivity index (χ0) is 12.5. The van der Waals surface area contributed by atoms with E-state index in [9.17, 15) is 0 Å².